The summed E-state index contributed by atoms with van der Waals surface area (Å²) in [6.07, 6.45) is 13.5. The molecule has 0 aliphatic heterocycles. The fraction of sp³-hybridized carbons (Fsp3) is 0.867. The molecule has 1 unspecified atom stereocenters. The van der Waals surface area contributed by atoms with E-state index in [-0.39, 0.29) is 0 Å². The van der Waals surface area contributed by atoms with Crippen molar-refractivity contribution in [2.75, 3.05) is 0 Å². The lowest BCUT2D eigenvalue weighted by molar-refractivity contribution is 0.123. The van der Waals surface area contributed by atoms with Crippen LogP contribution in [0.1, 0.15) is 65.2 Å². The quantitative estimate of drug-likeness (QED) is 0.380. The van der Waals surface area contributed by atoms with Crippen molar-refractivity contribution < 1.29 is 0 Å². The Morgan fingerprint density at radius 3 is 2.60 bits per heavy atom. The average molecular weight is 208 g/mol. The maximum atomic E-state index is 3.83. The molecule has 0 bridgehead atoms. The Kier molecular flexibility index (Phi) is 6.05. The first kappa shape index (κ1) is 12.8. The average Bonchev–Trinajstić information content (AvgIpc) is 2.15. The van der Waals surface area contributed by atoms with Crippen molar-refractivity contribution in [3.63, 3.8) is 0 Å². The van der Waals surface area contributed by atoms with Crippen molar-refractivity contribution in [3.05, 3.63) is 12.7 Å². The van der Waals surface area contributed by atoms with Gasteiger partial charge in [0.2, 0.25) is 0 Å². The molecule has 0 aromatic rings. The lowest BCUT2D eigenvalue weighted by Crippen LogP contribution is -2.28. The van der Waals surface area contributed by atoms with E-state index in [0.717, 1.165) is 17.8 Å². The van der Waals surface area contributed by atoms with Crippen molar-refractivity contribution >= 4 is 0 Å². The largest absolute Gasteiger partial charge is 0.103 e. The van der Waals surface area contributed by atoms with Crippen LogP contribution in [0, 0.1) is 17.8 Å². The van der Waals surface area contributed by atoms with E-state index in [1.165, 1.54) is 51.4 Å². The Bertz CT molecular complexity index is 165. The standard InChI is InChI=1S/C15H28/c1-4-6-7-8-10-14-11-15(12-14)13(3)9-5-2/h5,13-15H,2,4,6-12H2,1,3H3. The highest BCUT2D eigenvalue weighted by atomic mass is 14.4. The van der Waals surface area contributed by atoms with Crippen LogP contribution in [-0.4, -0.2) is 0 Å². The second-order valence-corrected chi connectivity index (χ2v) is 5.45. The van der Waals surface area contributed by atoms with Gasteiger partial charge in [0.1, 0.15) is 0 Å². The molecule has 0 saturated heterocycles. The predicted molar refractivity (Wildman–Crippen MR) is 69.0 cm³/mol. The first-order valence-electron chi connectivity index (χ1n) is 6.88. The summed E-state index contributed by atoms with van der Waals surface area (Å²) >= 11 is 0. The van der Waals surface area contributed by atoms with Crippen LogP contribution in [0.3, 0.4) is 0 Å². The minimum Gasteiger partial charge on any atom is -0.103 e. The third-order valence-electron chi connectivity index (χ3n) is 4.08. The van der Waals surface area contributed by atoms with Gasteiger partial charge in [-0.15, -0.1) is 6.58 Å². The summed E-state index contributed by atoms with van der Waals surface area (Å²) in [6.45, 7) is 8.51. The molecule has 88 valence electrons. The Labute approximate surface area is 96.2 Å². The van der Waals surface area contributed by atoms with Gasteiger partial charge in [0.15, 0.2) is 0 Å². The SMILES string of the molecule is C=CCC(C)C1CC(CCCCCC)C1. The number of unbranched alkanes of at least 4 members (excludes halogenated alkanes) is 3. The van der Waals surface area contributed by atoms with Crippen molar-refractivity contribution in [3.8, 4) is 0 Å². The second-order valence-electron chi connectivity index (χ2n) is 5.45. The van der Waals surface area contributed by atoms with Gasteiger partial charge < -0.3 is 0 Å². The lowest BCUT2D eigenvalue weighted by atomic mass is 9.67. The molecule has 1 aliphatic rings. The van der Waals surface area contributed by atoms with Crippen molar-refractivity contribution in [2.24, 2.45) is 17.8 Å². The van der Waals surface area contributed by atoms with Crippen molar-refractivity contribution in [1.29, 1.82) is 0 Å². The molecule has 0 amide bonds. The molecular weight excluding hydrogens is 180 g/mol. The van der Waals surface area contributed by atoms with Crippen LogP contribution >= 0.6 is 0 Å². The van der Waals surface area contributed by atoms with E-state index in [0.29, 0.717) is 0 Å². The van der Waals surface area contributed by atoms with Gasteiger partial charge in [-0.25, -0.2) is 0 Å². The van der Waals surface area contributed by atoms with E-state index in [9.17, 15) is 0 Å². The normalized spacial score (nSPS) is 27.1. The molecule has 0 heterocycles. The van der Waals surface area contributed by atoms with Gasteiger partial charge in [-0.2, -0.15) is 0 Å². The molecule has 0 aromatic carbocycles. The number of allylic oxidation sites excluding steroid dienone is 1. The summed E-state index contributed by atoms with van der Waals surface area (Å²) in [4.78, 5) is 0. The zero-order valence-electron chi connectivity index (χ0n) is 10.7. The van der Waals surface area contributed by atoms with E-state index < -0.39 is 0 Å². The van der Waals surface area contributed by atoms with E-state index in [2.05, 4.69) is 26.5 Å². The molecule has 0 heteroatoms. The Morgan fingerprint density at radius 1 is 1.27 bits per heavy atom. The summed E-state index contributed by atoms with van der Waals surface area (Å²) in [6, 6.07) is 0. The summed E-state index contributed by atoms with van der Waals surface area (Å²) in [7, 11) is 0. The lowest BCUT2D eigenvalue weighted by Gasteiger charge is -2.39. The highest BCUT2D eigenvalue weighted by Crippen LogP contribution is 2.42. The van der Waals surface area contributed by atoms with Crippen LogP contribution in [0.2, 0.25) is 0 Å². The molecule has 0 N–H and O–H groups in total. The molecule has 0 spiro atoms. The van der Waals surface area contributed by atoms with Gasteiger partial charge in [-0.3, -0.25) is 0 Å². The summed E-state index contributed by atoms with van der Waals surface area (Å²) < 4.78 is 0. The Hall–Kier alpha value is -0.260. The molecule has 1 atom stereocenters. The highest BCUT2D eigenvalue weighted by Gasteiger charge is 2.31. The van der Waals surface area contributed by atoms with E-state index >= 15 is 0 Å². The van der Waals surface area contributed by atoms with Gasteiger partial charge >= 0.3 is 0 Å². The van der Waals surface area contributed by atoms with Gasteiger partial charge in [-0.05, 0) is 37.0 Å². The molecular formula is C15H28. The third-order valence-corrected chi connectivity index (χ3v) is 4.08. The van der Waals surface area contributed by atoms with Crippen LogP contribution in [0.25, 0.3) is 0 Å². The molecule has 1 aliphatic carbocycles. The van der Waals surface area contributed by atoms with E-state index in [1.54, 1.807) is 0 Å². The molecule has 0 nitrogen and oxygen atoms in total. The number of rotatable bonds is 8. The fourth-order valence-electron chi connectivity index (χ4n) is 2.80. The maximum Gasteiger partial charge on any atom is -0.0325 e. The molecule has 1 fully saturated rings. The van der Waals surface area contributed by atoms with Crippen LogP contribution in [0.5, 0.6) is 0 Å². The predicted octanol–water partition coefficient (Wildman–Crippen LogP) is 5.20. The van der Waals surface area contributed by atoms with E-state index in [1.807, 2.05) is 0 Å². The second kappa shape index (κ2) is 7.09. The minimum absolute atomic E-state index is 0.884. The highest BCUT2D eigenvalue weighted by molar-refractivity contribution is 4.85. The smallest absolute Gasteiger partial charge is 0.0325 e. The maximum absolute atomic E-state index is 3.83. The topological polar surface area (TPSA) is 0 Å². The number of hydrogen-bond donors (Lipinski definition) is 0. The van der Waals surface area contributed by atoms with Crippen LogP contribution in [0.15, 0.2) is 12.7 Å². The van der Waals surface area contributed by atoms with Crippen LogP contribution in [-0.2, 0) is 0 Å². The van der Waals surface area contributed by atoms with Gasteiger partial charge in [0, 0.05) is 0 Å². The fourth-order valence-corrected chi connectivity index (χ4v) is 2.80. The van der Waals surface area contributed by atoms with Crippen molar-refractivity contribution in [1.82, 2.24) is 0 Å². The first-order valence-corrected chi connectivity index (χ1v) is 6.88. The Morgan fingerprint density at radius 2 is 2.00 bits per heavy atom. The van der Waals surface area contributed by atoms with Gasteiger partial charge in [-0.1, -0.05) is 52.0 Å². The summed E-state index contributed by atoms with van der Waals surface area (Å²) in [5, 5.41) is 0. The number of hydrogen-bond acceptors (Lipinski definition) is 0. The van der Waals surface area contributed by atoms with Gasteiger partial charge in [0.25, 0.3) is 0 Å². The molecule has 15 heavy (non-hydrogen) atoms. The summed E-state index contributed by atoms with van der Waals surface area (Å²) in [5.41, 5.74) is 0. The monoisotopic (exact) mass is 208 g/mol. The summed E-state index contributed by atoms with van der Waals surface area (Å²) in [5.74, 6) is 2.97. The zero-order valence-corrected chi connectivity index (χ0v) is 10.7. The van der Waals surface area contributed by atoms with Crippen LogP contribution in [0.4, 0.5) is 0 Å². The van der Waals surface area contributed by atoms with Crippen molar-refractivity contribution in [2.45, 2.75) is 65.2 Å². The van der Waals surface area contributed by atoms with Crippen LogP contribution < -0.4 is 0 Å². The van der Waals surface area contributed by atoms with Gasteiger partial charge in [0.05, 0.1) is 0 Å². The van der Waals surface area contributed by atoms with E-state index in [4.69, 9.17) is 0 Å². The first-order chi connectivity index (χ1) is 7.27. The third kappa shape index (κ3) is 4.40. The molecule has 1 saturated carbocycles. The molecule has 0 aromatic heterocycles. The molecule has 1 rings (SSSR count). The zero-order chi connectivity index (χ0) is 11.1. The molecule has 0 radical (unpaired) electrons. The minimum atomic E-state index is 0.884. The Balaban J connectivity index is 1.97.